The van der Waals surface area contributed by atoms with Gasteiger partial charge >= 0.3 is 12.1 Å². The van der Waals surface area contributed by atoms with Crippen LogP contribution in [0, 0.1) is 12.7 Å². The van der Waals surface area contributed by atoms with Crippen LogP contribution in [0.3, 0.4) is 0 Å². The van der Waals surface area contributed by atoms with E-state index in [2.05, 4.69) is 15.5 Å². The Kier molecular flexibility index (Phi) is 6.31. The molecule has 1 aromatic heterocycles. The van der Waals surface area contributed by atoms with Gasteiger partial charge in [0.2, 0.25) is 5.91 Å². The smallest absolute Gasteiger partial charge is 0.347 e. The molecule has 0 spiro atoms. The highest BCUT2D eigenvalue weighted by atomic mass is 35.5. The standard InChI is InChI=1S/C23H19ClF4N4O3/c1-11(29-20(33)22(7-8-22)31-21(34)23(26,27)28)15-5-3-13(9-18(15)25)17-10-14(24)4-6-16(17)19-30-12(2)32-35-19/h3-6,9-11H,7-8H2,1-2H3,(H,29,33)(H,31,34)/t11-/m1/s1. The largest absolute Gasteiger partial charge is 0.471 e. The fourth-order valence-corrected chi connectivity index (χ4v) is 3.80. The summed E-state index contributed by atoms with van der Waals surface area (Å²) in [6.45, 7) is 3.15. The van der Waals surface area contributed by atoms with Crippen LogP contribution in [-0.4, -0.2) is 33.7 Å². The van der Waals surface area contributed by atoms with Gasteiger partial charge in [-0.1, -0.05) is 28.9 Å². The van der Waals surface area contributed by atoms with Crippen LogP contribution in [0.5, 0.6) is 0 Å². The normalized spacial score (nSPS) is 15.4. The number of aryl methyl sites for hydroxylation is 1. The molecule has 0 aliphatic heterocycles. The number of hydrogen-bond donors (Lipinski definition) is 2. The molecule has 4 rings (SSSR count). The Hall–Kier alpha value is -3.47. The lowest BCUT2D eigenvalue weighted by molar-refractivity contribution is -0.175. The highest BCUT2D eigenvalue weighted by Gasteiger charge is 2.55. The van der Waals surface area contributed by atoms with Crippen molar-refractivity contribution in [3.05, 3.63) is 58.6 Å². The van der Waals surface area contributed by atoms with E-state index in [-0.39, 0.29) is 24.3 Å². The number of carbonyl (C=O) groups is 2. The van der Waals surface area contributed by atoms with Crippen LogP contribution in [0.1, 0.15) is 37.2 Å². The second-order valence-electron chi connectivity index (χ2n) is 8.30. The van der Waals surface area contributed by atoms with E-state index in [0.29, 0.717) is 27.5 Å². The van der Waals surface area contributed by atoms with Crippen LogP contribution in [0.4, 0.5) is 17.6 Å². The van der Waals surface area contributed by atoms with Gasteiger partial charge in [-0.25, -0.2) is 4.39 Å². The minimum absolute atomic E-state index is 0.0570. The average molecular weight is 511 g/mol. The molecule has 0 unspecified atom stereocenters. The molecule has 12 heteroatoms. The maximum atomic E-state index is 15.1. The first-order valence-corrected chi connectivity index (χ1v) is 10.9. The Morgan fingerprint density at radius 1 is 1.14 bits per heavy atom. The van der Waals surface area contributed by atoms with Crippen LogP contribution in [0.2, 0.25) is 5.02 Å². The second-order valence-corrected chi connectivity index (χ2v) is 8.74. The summed E-state index contributed by atoms with van der Waals surface area (Å²) in [7, 11) is 0. The molecule has 0 bridgehead atoms. The third-order valence-corrected chi connectivity index (χ3v) is 5.90. The molecule has 1 heterocycles. The van der Waals surface area contributed by atoms with Gasteiger partial charge in [-0.3, -0.25) is 9.59 Å². The number of rotatable bonds is 6. The van der Waals surface area contributed by atoms with Crippen molar-refractivity contribution in [3.63, 3.8) is 0 Å². The molecule has 2 amide bonds. The maximum Gasteiger partial charge on any atom is 0.471 e. The van der Waals surface area contributed by atoms with E-state index in [4.69, 9.17) is 16.1 Å². The first-order valence-electron chi connectivity index (χ1n) is 10.5. The van der Waals surface area contributed by atoms with E-state index in [1.165, 1.54) is 19.1 Å². The maximum absolute atomic E-state index is 15.1. The molecule has 7 nitrogen and oxygen atoms in total. The van der Waals surface area contributed by atoms with Gasteiger partial charge in [0.1, 0.15) is 11.4 Å². The summed E-state index contributed by atoms with van der Waals surface area (Å²) in [5, 5.41) is 8.40. The van der Waals surface area contributed by atoms with Crippen LogP contribution >= 0.6 is 11.6 Å². The number of halogens is 5. The van der Waals surface area contributed by atoms with Crippen LogP contribution in [0.15, 0.2) is 40.9 Å². The van der Waals surface area contributed by atoms with Gasteiger partial charge < -0.3 is 15.2 Å². The molecule has 3 aromatic rings. The lowest BCUT2D eigenvalue weighted by Crippen LogP contribution is -2.53. The second kappa shape index (κ2) is 8.95. The molecule has 0 radical (unpaired) electrons. The highest BCUT2D eigenvalue weighted by molar-refractivity contribution is 6.31. The van der Waals surface area contributed by atoms with Gasteiger partial charge in [0.05, 0.1) is 6.04 Å². The van der Waals surface area contributed by atoms with E-state index < -0.39 is 35.4 Å². The Labute approximate surface area is 201 Å². The van der Waals surface area contributed by atoms with Gasteiger partial charge in [0.25, 0.3) is 5.89 Å². The Balaban J connectivity index is 1.55. The van der Waals surface area contributed by atoms with Crippen molar-refractivity contribution in [2.24, 2.45) is 0 Å². The summed E-state index contributed by atoms with van der Waals surface area (Å²) in [4.78, 5) is 28.0. The first kappa shape index (κ1) is 24.6. The molecule has 184 valence electrons. The number of nitrogens with one attached hydrogen (secondary N) is 2. The minimum Gasteiger partial charge on any atom is -0.347 e. The summed E-state index contributed by atoms with van der Waals surface area (Å²) in [6.07, 6.45) is -4.99. The van der Waals surface area contributed by atoms with Crippen LogP contribution < -0.4 is 10.6 Å². The van der Waals surface area contributed by atoms with E-state index in [0.717, 1.165) is 0 Å². The van der Waals surface area contributed by atoms with Crippen molar-refractivity contribution < 1.29 is 31.7 Å². The number of amides is 2. The Bertz CT molecular complexity index is 1300. The summed E-state index contributed by atoms with van der Waals surface area (Å²) in [5.41, 5.74) is -0.00371. The van der Waals surface area contributed by atoms with E-state index >= 15 is 4.39 Å². The van der Waals surface area contributed by atoms with Gasteiger partial charge in [0.15, 0.2) is 5.82 Å². The number of benzene rings is 2. The fraction of sp³-hybridized carbons (Fsp3) is 0.304. The van der Waals surface area contributed by atoms with Crippen molar-refractivity contribution in [3.8, 4) is 22.6 Å². The molecule has 35 heavy (non-hydrogen) atoms. The van der Waals surface area contributed by atoms with Crippen molar-refractivity contribution in [2.45, 2.75) is 44.4 Å². The zero-order valence-electron chi connectivity index (χ0n) is 18.5. The highest BCUT2D eigenvalue weighted by Crippen LogP contribution is 2.38. The molecule has 1 fully saturated rings. The van der Waals surface area contributed by atoms with Crippen molar-refractivity contribution in [1.82, 2.24) is 20.8 Å². The predicted octanol–water partition coefficient (Wildman–Crippen LogP) is 4.89. The number of carbonyl (C=O) groups excluding carboxylic acids is 2. The zero-order chi connectivity index (χ0) is 25.5. The molecular formula is C23H19ClF4N4O3. The van der Waals surface area contributed by atoms with Gasteiger partial charge in [-0.15, -0.1) is 0 Å². The molecule has 1 saturated carbocycles. The van der Waals surface area contributed by atoms with Crippen LogP contribution in [0.25, 0.3) is 22.6 Å². The number of aromatic nitrogens is 2. The third kappa shape index (κ3) is 5.14. The van der Waals surface area contributed by atoms with Crippen molar-refractivity contribution in [2.75, 3.05) is 0 Å². The van der Waals surface area contributed by atoms with E-state index in [1.807, 2.05) is 0 Å². The van der Waals surface area contributed by atoms with E-state index in [1.54, 1.807) is 36.5 Å². The average Bonchev–Trinajstić information content (AvgIpc) is 3.44. The van der Waals surface area contributed by atoms with Crippen molar-refractivity contribution in [1.29, 1.82) is 0 Å². The number of nitrogens with zero attached hydrogens (tertiary/aromatic N) is 2. The Morgan fingerprint density at radius 3 is 2.43 bits per heavy atom. The lowest BCUT2D eigenvalue weighted by Gasteiger charge is -2.22. The SMILES string of the molecule is Cc1noc(-c2ccc(Cl)cc2-c2ccc([C@@H](C)NC(=O)C3(NC(=O)C(F)(F)F)CC3)c(F)c2)n1. The predicted molar refractivity (Wildman–Crippen MR) is 118 cm³/mol. The molecule has 1 aliphatic rings. The summed E-state index contributed by atoms with van der Waals surface area (Å²) < 4.78 is 58.1. The molecule has 1 atom stereocenters. The van der Waals surface area contributed by atoms with Crippen molar-refractivity contribution >= 4 is 23.4 Å². The zero-order valence-corrected chi connectivity index (χ0v) is 19.2. The molecule has 2 aromatic carbocycles. The van der Waals surface area contributed by atoms with Crippen LogP contribution in [-0.2, 0) is 9.59 Å². The quantitative estimate of drug-likeness (QED) is 0.460. The van der Waals surface area contributed by atoms with Gasteiger partial charge in [-0.2, -0.15) is 18.2 Å². The minimum atomic E-state index is -5.11. The molecule has 0 saturated heterocycles. The Morgan fingerprint density at radius 2 is 1.86 bits per heavy atom. The van der Waals surface area contributed by atoms with Gasteiger partial charge in [-0.05, 0) is 62.1 Å². The van der Waals surface area contributed by atoms with E-state index in [9.17, 15) is 22.8 Å². The molecular weight excluding hydrogens is 492 g/mol. The third-order valence-electron chi connectivity index (χ3n) is 5.66. The molecule has 2 N–H and O–H groups in total. The summed E-state index contributed by atoms with van der Waals surface area (Å²) >= 11 is 6.14. The monoisotopic (exact) mass is 510 g/mol. The molecule has 1 aliphatic carbocycles. The summed E-state index contributed by atoms with van der Waals surface area (Å²) in [6, 6.07) is 8.35. The number of hydrogen-bond acceptors (Lipinski definition) is 5. The fourth-order valence-electron chi connectivity index (χ4n) is 3.63. The summed E-state index contributed by atoms with van der Waals surface area (Å²) in [5.74, 6) is -3.01. The van der Waals surface area contributed by atoms with Gasteiger partial charge in [0, 0.05) is 16.1 Å². The first-order chi connectivity index (χ1) is 16.4. The number of alkyl halides is 3. The topological polar surface area (TPSA) is 97.1 Å². The lowest BCUT2D eigenvalue weighted by atomic mass is 9.96.